The molecule has 0 aliphatic heterocycles. The smallest absolute Gasteiger partial charge is 0.239 e. The zero-order valence-electron chi connectivity index (χ0n) is 12.2. The van der Waals surface area contributed by atoms with E-state index in [0.717, 1.165) is 23.5 Å². The summed E-state index contributed by atoms with van der Waals surface area (Å²) in [5.41, 5.74) is 7.90. The molecule has 3 N–H and O–H groups in total. The Morgan fingerprint density at radius 3 is 2.74 bits per heavy atom. The number of nitrogens with two attached hydrogens (primary N) is 1. The third-order valence-corrected chi connectivity index (χ3v) is 2.94. The summed E-state index contributed by atoms with van der Waals surface area (Å²) in [4.78, 5) is 18.2. The van der Waals surface area contributed by atoms with Crippen LogP contribution in [0.1, 0.15) is 31.9 Å². The van der Waals surface area contributed by atoms with Crippen LogP contribution < -0.4 is 16.0 Å². The SMILES string of the molecule is CCN(CC(=O)NC(C)C)c1nccc(C)c1CN. The van der Waals surface area contributed by atoms with Crippen molar-refractivity contribution in [3.05, 3.63) is 23.4 Å². The van der Waals surface area contributed by atoms with Crippen molar-refractivity contribution in [3.8, 4) is 0 Å². The molecular formula is C14H24N4O. The summed E-state index contributed by atoms with van der Waals surface area (Å²) in [5.74, 6) is 0.812. The molecule has 1 heterocycles. The number of carbonyl (C=O) groups excluding carboxylic acids is 1. The van der Waals surface area contributed by atoms with Gasteiger partial charge in [0.2, 0.25) is 5.91 Å². The molecule has 0 atom stereocenters. The highest BCUT2D eigenvalue weighted by Gasteiger charge is 2.15. The summed E-state index contributed by atoms with van der Waals surface area (Å²) in [7, 11) is 0. The molecule has 19 heavy (non-hydrogen) atoms. The van der Waals surface area contributed by atoms with Gasteiger partial charge < -0.3 is 16.0 Å². The van der Waals surface area contributed by atoms with Crippen molar-refractivity contribution in [1.82, 2.24) is 10.3 Å². The molecule has 5 nitrogen and oxygen atoms in total. The molecule has 0 saturated carbocycles. The number of likely N-dealkylation sites (N-methyl/N-ethyl adjacent to an activating group) is 1. The van der Waals surface area contributed by atoms with E-state index >= 15 is 0 Å². The lowest BCUT2D eigenvalue weighted by atomic mass is 10.1. The highest BCUT2D eigenvalue weighted by Crippen LogP contribution is 2.20. The van der Waals surface area contributed by atoms with E-state index in [2.05, 4.69) is 10.3 Å². The third kappa shape index (κ3) is 4.21. The van der Waals surface area contributed by atoms with E-state index in [9.17, 15) is 4.79 Å². The molecule has 0 aliphatic rings. The minimum atomic E-state index is 0.00290. The maximum Gasteiger partial charge on any atom is 0.239 e. The van der Waals surface area contributed by atoms with Crippen molar-refractivity contribution in [2.45, 2.75) is 40.3 Å². The van der Waals surface area contributed by atoms with Crippen LogP contribution in [0, 0.1) is 6.92 Å². The minimum absolute atomic E-state index is 0.00290. The third-order valence-electron chi connectivity index (χ3n) is 2.94. The molecular weight excluding hydrogens is 240 g/mol. The number of nitrogens with one attached hydrogen (secondary N) is 1. The molecule has 106 valence electrons. The first-order chi connectivity index (χ1) is 8.99. The molecule has 0 aromatic carbocycles. The van der Waals surface area contributed by atoms with Crippen LogP contribution in [0.25, 0.3) is 0 Å². The van der Waals surface area contributed by atoms with Crippen LogP contribution in [-0.4, -0.2) is 30.0 Å². The fourth-order valence-corrected chi connectivity index (χ4v) is 1.98. The van der Waals surface area contributed by atoms with Gasteiger partial charge in [-0.3, -0.25) is 4.79 Å². The molecule has 5 heteroatoms. The lowest BCUT2D eigenvalue weighted by Crippen LogP contribution is -2.40. The minimum Gasteiger partial charge on any atom is -0.352 e. The second kappa shape index (κ2) is 7.09. The molecule has 0 fully saturated rings. The van der Waals surface area contributed by atoms with Gasteiger partial charge in [-0.05, 0) is 39.3 Å². The molecule has 0 spiro atoms. The van der Waals surface area contributed by atoms with E-state index in [1.807, 2.05) is 38.7 Å². The average Bonchev–Trinajstić information content (AvgIpc) is 2.34. The fourth-order valence-electron chi connectivity index (χ4n) is 1.98. The van der Waals surface area contributed by atoms with E-state index in [1.54, 1.807) is 6.20 Å². The lowest BCUT2D eigenvalue weighted by Gasteiger charge is -2.25. The predicted molar refractivity (Wildman–Crippen MR) is 78.0 cm³/mol. The van der Waals surface area contributed by atoms with Gasteiger partial charge in [0.25, 0.3) is 0 Å². The Morgan fingerprint density at radius 2 is 2.21 bits per heavy atom. The highest BCUT2D eigenvalue weighted by molar-refractivity contribution is 5.81. The van der Waals surface area contributed by atoms with Crippen molar-refractivity contribution < 1.29 is 4.79 Å². The highest BCUT2D eigenvalue weighted by atomic mass is 16.2. The Labute approximate surface area is 115 Å². The molecule has 1 rings (SSSR count). The zero-order valence-corrected chi connectivity index (χ0v) is 12.2. The first kappa shape index (κ1) is 15.4. The molecule has 0 saturated heterocycles. The Morgan fingerprint density at radius 1 is 1.53 bits per heavy atom. The molecule has 0 aliphatic carbocycles. The van der Waals surface area contributed by atoms with Crippen LogP contribution in [0.5, 0.6) is 0 Å². The number of rotatable bonds is 6. The summed E-state index contributed by atoms with van der Waals surface area (Å²) < 4.78 is 0. The van der Waals surface area contributed by atoms with E-state index in [4.69, 9.17) is 5.73 Å². The Kier molecular flexibility index (Phi) is 5.76. The normalized spacial score (nSPS) is 10.6. The van der Waals surface area contributed by atoms with Gasteiger partial charge >= 0.3 is 0 Å². The van der Waals surface area contributed by atoms with Gasteiger partial charge in [0.15, 0.2) is 0 Å². The maximum atomic E-state index is 11.9. The molecule has 1 aromatic heterocycles. The summed E-state index contributed by atoms with van der Waals surface area (Å²) in [6.07, 6.45) is 1.76. The zero-order chi connectivity index (χ0) is 14.4. The number of aryl methyl sites for hydroxylation is 1. The summed E-state index contributed by atoms with van der Waals surface area (Å²) in [5, 5.41) is 2.89. The Bertz CT molecular complexity index is 431. The predicted octanol–water partition coefficient (Wildman–Crippen LogP) is 1.20. The lowest BCUT2D eigenvalue weighted by molar-refractivity contribution is -0.120. The van der Waals surface area contributed by atoms with E-state index in [1.165, 1.54) is 0 Å². The van der Waals surface area contributed by atoms with E-state index in [0.29, 0.717) is 13.1 Å². The average molecular weight is 264 g/mol. The quantitative estimate of drug-likeness (QED) is 0.810. The Hall–Kier alpha value is -1.62. The molecule has 0 unspecified atom stereocenters. The number of hydrogen-bond donors (Lipinski definition) is 2. The van der Waals surface area contributed by atoms with Gasteiger partial charge in [-0.1, -0.05) is 0 Å². The second-order valence-corrected chi connectivity index (χ2v) is 4.87. The topological polar surface area (TPSA) is 71.2 Å². The molecule has 1 amide bonds. The van der Waals surface area contributed by atoms with Gasteiger partial charge in [0.05, 0.1) is 6.54 Å². The summed E-state index contributed by atoms with van der Waals surface area (Å²) in [6.45, 7) is 9.36. The van der Waals surface area contributed by atoms with Crippen LogP contribution in [0.15, 0.2) is 12.3 Å². The van der Waals surface area contributed by atoms with Crippen molar-refractivity contribution in [2.75, 3.05) is 18.0 Å². The largest absolute Gasteiger partial charge is 0.352 e. The van der Waals surface area contributed by atoms with Crippen molar-refractivity contribution in [3.63, 3.8) is 0 Å². The van der Waals surface area contributed by atoms with Crippen molar-refractivity contribution >= 4 is 11.7 Å². The van der Waals surface area contributed by atoms with E-state index in [-0.39, 0.29) is 11.9 Å². The maximum absolute atomic E-state index is 11.9. The molecule has 1 aromatic rings. The number of hydrogen-bond acceptors (Lipinski definition) is 4. The monoisotopic (exact) mass is 264 g/mol. The number of nitrogens with zero attached hydrogens (tertiary/aromatic N) is 2. The van der Waals surface area contributed by atoms with Crippen LogP contribution in [0.4, 0.5) is 5.82 Å². The number of pyridine rings is 1. The van der Waals surface area contributed by atoms with Crippen LogP contribution in [0.3, 0.4) is 0 Å². The van der Waals surface area contributed by atoms with Crippen LogP contribution in [-0.2, 0) is 11.3 Å². The van der Waals surface area contributed by atoms with Gasteiger partial charge in [-0.2, -0.15) is 0 Å². The summed E-state index contributed by atoms with van der Waals surface area (Å²) in [6, 6.07) is 2.08. The number of carbonyl (C=O) groups is 1. The standard InChI is InChI=1S/C14H24N4O/c1-5-18(9-13(19)17-10(2)3)14-12(8-15)11(4)6-7-16-14/h6-7,10H,5,8-9,15H2,1-4H3,(H,17,19). The van der Waals surface area contributed by atoms with Gasteiger partial charge in [-0.15, -0.1) is 0 Å². The first-order valence-corrected chi connectivity index (χ1v) is 6.68. The number of anilines is 1. The fraction of sp³-hybridized carbons (Fsp3) is 0.571. The number of amides is 1. The van der Waals surface area contributed by atoms with Gasteiger partial charge in [0.1, 0.15) is 5.82 Å². The van der Waals surface area contributed by atoms with Gasteiger partial charge in [0, 0.05) is 30.9 Å². The molecule has 0 radical (unpaired) electrons. The summed E-state index contributed by atoms with van der Waals surface area (Å²) >= 11 is 0. The van der Waals surface area contributed by atoms with Crippen molar-refractivity contribution in [1.29, 1.82) is 0 Å². The second-order valence-electron chi connectivity index (χ2n) is 4.87. The Balaban J connectivity index is 2.91. The van der Waals surface area contributed by atoms with Crippen LogP contribution in [0.2, 0.25) is 0 Å². The van der Waals surface area contributed by atoms with Crippen LogP contribution >= 0.6 is 0 Å². The van der Waals surface area contributed by atoms with Gasteiger partial charge in [-0.25, -0.2) is 4.98 Å². The van der Waals surface area contributed by atoms with Crippen molar-refractivity contribution in [2.24, 2.45) is 5.73 Å². The van der Waals surface area contributed by atoms with E-state index < -0.39 is 0 Å². The number of aromatic nitrogens is 1. The first-order valence-electron chi connectivity index (χ1n) is 6.68. The molecule has 0 bridgehead atoms.